The van der Waals surface area contributed by atoms with Gasteiger partial charge in [-0.25, -0.2) is 0 Å². The number of hydrogen-bond donors (Lipinski definition) is 2. The fourth-order valence-electron chi connectivity index (χ4n) is 1.93. The predicted molar refractivity (Wildman–Crippen MR) is 96.2 cm³/mol. The molecule has 0 aliphatic carbocycles. The van der Waals surface area contributed by atoms with Gasteiger partial charge in [0, 0.05) is 25.2 Å². The summed E-state index contributed by atoms with van der Waals surface area (Å²) in [5.41, 5.74) is 6.35. The predicted octanol–water partition coefficient (Wildman–Crippen LogP) is 2.01. The number of ether oxygens (including phenoxy) is 3. The molecule has 0 aromatic rings. The van der Waals surface area contributed by atoms with Crippen LogP contribution >= 0.6 is 0 Å². The Morgan fingerprint density at radius 2 is 1.80 bits per heavy atom. The molecule has 3 N–H and O–H groups in total. The van der Waals surface area contributed by atoms with Crippen molar-refractivity contribution in [2.75, 3.05) is 27.4 Å². The number of methoxy groups -OCH3 is 2. The lowest BCUT2D eigenvalue weighted by atomic mass is 10.1. The maximum atomic E-state index is 12.1. The first-order valence-electron chi connectivity index (χ1n) is 8.20. The third kappa shape index (κ3) is 9.44. The van der Waals surface area contributed by atoms with Gasteiger partial charge in [-0.1, -0.05) is 6.58 Å². The average Bonchev–Trinajstić information content (AvgIpc) is 2.59. The van der Waals surface area contributed by atoms with Gasteiger partial charge < -0.3 is 25.3 Å². The van der Waals surface area contributed by atoms with Crippen LogP contribution in [0.15, 0.2) is 35.9 Å². The minimum atomic E-state index is -0.505. The van der Waals surface area contributed by atoms with E-state index in [4.69, 9.17) is 19.9 Å². The fourth-order valence-corrected chi connectivity index (χ4v) is 1.93. The molecule has 0 rings (SSSR count). The molecule has 0 aromatic heterocycles. The fraction of sp³-hybridized carbons (Fsp3) is 0.556. The molecule has 0 fully saturated rings. The van der Waals surface area contributed by atoms with Crippen LogP contribution < -0.4 is 11.1 Å². The van der Waals surface area contributed by atoms with Gasteiger partial charge in [0.1, 0.15) is 0 Å². The maximum Gasteiger partial charge on any atom is 0.302 e. The zero-order chi connectivity index (χ0) is 19.2. The van der Waals surface area contributed by atoms with Crippen molar-refractivity contribution in [3.8, 4) is 0 Å². The van der Waals surface area contributed by atoms with E-state index in [9.17, 15) is 9.59 Å². The van der Waals surface area contributed by atoms with Crippen LogP contribution in [0.25, 0.3) is 0 Å². The monoisotopic (exact) mass is 354 g/mol. The van der Waals surface area contributed by atoms with E-state index in [0.29, 0.717) is 30.4 Å². The molecule has 7 heteroatoms. The Balaban J connectivity index is 4.39. The summed E-state index contributed by atoms with van der Waals surface area (Å²) in [6.45, 7) is 7.68. The zero-order valence-corrected chi connectivity index (χ0v) is 15.6. The molecule has 0 aliphatic heterocycles. The first-order valence-corrected chi connectivity index (χ1v) is 8.20. The number of hydrogen-bond acceptors (Lipinski definition) is 6. The summed E-state index contributed by atoms with van der Waals surface area (Å²) in [6, 6.07) is 0. The van der Waals surface area contributed by atoms with Crippen LogP contribution in [-0.4, -0.2) is 39.2 Å². The molecule has 25 heavy (non-hydrogen) atoms. The van der Waals surface area contributed by atoms with Crippen molar-refractivity contribution in [3.05, 3.63) is 35.9 Å². The summed E-state index contributed by atoms with van der Waals surface area (Å²) in [4.78, 5) is 22.7. The van der Waals surface area contributed by atoms with Crippen LogP contribution in [0, 0.1) is 5.92 Å². The number of esters is 1. The SMILES string of the molecule is C=C/C(OC)=C(\C=C(\N)C(C)C(=O)NCCCCCOC(C)=O)OC. The molecule has 0 heterocycles. The van der Waals surface area contributed by atoms with Crippen molar-refractivity contribution in [2.24, 2.45) is 11.7 Å². The summed E-state index contributed by atoms with van der Waals surface area (Å²) in [7, 11) is 2.99. The number of unbranched alkanes of at least 4 members (excludes halogenated alkanes) is 2. The number of carbonyl (C=O) groups is 2. The molecule has 1 amide bonds. The Kier molecular flexibility index (Phi) is 11.7. The van der Waals surface area contributed by atoms with Crippen molar-refractivity contribution in [3.63, 3.8) is 0 Å². The molecular formula is C18H30N2O5. The largest absolute Gasteiger partial charge is 0.493 e. The highest BCUT2D eigenvalue weighted by atomic mass is 16.5. The van der Waals surface area contributed by atoms with E-state index in [1.54, 1.807) is 13.0 Å². The average molecular weight is 354 g/mol. The molecular weight excluding hydrogens is 324 g/mol. The van der Waals surface area contributed by atoms with Crippen LogP contribution in [0.5, 0.6) is 0 Å². The quantitative estimate of drug-likeness (QED) is 0.241. The molecule has 0 bridgehead atoms. The van der Waals surface area contributed by atoms with E-state index in [2.05, 4.69) is 11.9 Å². The van der Waals surface area contributed by atoms with E-state index >= 15 is 0 Å². The Bertz CT molecular complexity index is 512. The second-order valence-corrected chi connectivity index (χ2v) is 5.40. The molecule has 0 radical (unpaired) electrons. The van der Waals surface area contributed by atoms with E-state index in [1.807, 2.05) is 0 Å². The lowest BCUT2D eigenvalue weighted by molar-refractivity contribution is -0.141. The highest BCUT2D eigenvalue weighted by Crippen LogP contribution is 2.14. The minimum Gasteiger partial charge on any atom is -0.493 e. The number of amides is 1. The molecule has 0 aliphatic rings. The van der Waals surface area contributed by atoms with Crippen LogP contribution in [0.1, 0.15) is 33.1 Å². The van der Waals surface area contributed by atoms with Crippen molar-refractivity contribution in [2.45, 2.75) is 33.1 Å². The van der Waals surface area contributed by atoms with Crippen molar-refractivity contribution >= 4 is 11.9 Å². The Morgan fingerprint density at radius 3 is 2.32 bits per heavy atom. The van der Waals surface area contributed by atoms with E-state index < -0.39 is 5.92 Å². The van der Waals surface area contributed by atoms with Gasteiger partial charge in [-0.3, -0.25) is 9.59 Å². The molecule has 0 aromatic carbocycles. The summed E-state index contributed by atoms with van der Waals surface area (Å²) in [5, 5.41) is 2.84. The van der Waals surface area contributed by atoms with Gasteiger partial charge in [-0.05, 0) is 32.3 Å². The first kappa shape index (κ1) is 22.6. The van der Waals surface area contributed by atoms with Gasteiger partial charge in [-0.2, -0.15) is 0 Å². The Labute approximate surface area is 149 Å². The molecule has 0 saturated carbocycles. The Morgan fingerprint density at radius 1 is 1.16 bits per heavy atom. The number of nitrogens with two attached hydrogens (primary N) is 1. The van der Waals surface area contributed by atoms with Crippen LogP contribution in [-0.2, 0) is 23.8 Å². The smallest absolute Gasteiger partial charge is 0.302 e. The van der Waals surface area contributed by atoms with E-state index in [0.717, 1.165) is 19.3 Å². The molecule has 0 spiro atoms. The lowest BCUT2D eigenvalue weighted by Gasteiger charge is -2.14. The van der Waals surface area contributed by atoms with Gasteiger partial charge in [0.15, 0.2) is 11.5 Å². The summed E-state index contributed by atoms with van der Waals surface area (Å²) < 4.78 is 15.2. The second-order valence-electron chi connectivity index (χ2n) is 5.40. The summed E-state index contributed by atoms with van der Waals surface area (Å²) in [6.07, 6.45) is 5.50. The standard InChI is InChI=1S/C18H30N2O5/c1-6-16(23-4)17(24-5)12-15(19)13(2)18(22)20-10-8-7-9-11-25-14(3)21/h6,12-13H,1,7-11,19H2,2-5H3,(H,20,22)/b15-12+,17-16-. The van der Waals surface area contributed by atoms with Crippen LogP contribution in [0.2, 0.25) is 0 Å². The number of rotatable bonds is 12. The summed E-state index contributed by atoms with van der Waals surface area (Å²) in [5.74, 6) is -0.108. The molecule has 1 unspecified atom stereocenters. The molecule has 1 atom stereocenters. The number of carbonyl (C=O) groups excluding carboxylic acids is 2. The van der Waals surface area contributed by atoms with Gasteiger partial charge in [0.25, 0.3) is 0 Å². The van der Waals surface area contributed by atoms with Crippen LogP contribution in [0.4, 0.5) is 0 Å². The molecule has 142 valence electrons. The Hall–Kier alpha value is -2.44. The number of nitrogens with one attached hydrogen (secondary N) is 1. The third-order valence-corrected chi connectivity index (χ3v) is 3.48. The normalized spacial score (nSPS) is 13.4. The highest BCUT2D eigenvalue weighted by molar-refractivity contribution is 5.81. The number of allylic oxidation sites excluding steroid dienone is 2. The second kappa shape index (κ2) is 12.9. The van der Waals surface area contributed by atoms with Gasteiger partial charge in [0.2, 0.25) is 5.91 Å². The topological polar surface area (TPSA) is 99.9 Å². The highest BCUT2D eigenvalue weighted by Gasteiger charge is 2.16. The molecule has 0 saturated heterocycles. The molecule has 7 nitrogen and oxygen atoms in total. The van der Waals surface area contributed by atoms with Crippen LogP contribution in [0.3, 0.4) is 0 Å². The third-order valence-electron chi connectivity index (χ3n) is 3.48. The van der Waals surface area contributed by atoms with Gasteiger partial charge in [-0.15, -0.1) is 0 Å². The van der Waals surface area contributed by atoms with E-state index in [1.165, 1.54) is 27.2 Å². The van der Waals surface area contributed by atoms with E-state index in [-0.39, 0.29) is 11.9 Å². The van der Waals surface area contributed by atoms with Gasteiger partial charge >= 0.3 is 5.97 Å². The van der Waals surface area contributed by atoms with Gasteiger partial charge in [0.05, 0.1) is 26.7 Å². The maximum absolute atomic E-state index is 12.1. The van der Waals surface area contributed by atoms with Crippen molar-refractivity contribution in [1.29, 1.82) is 0 Å². The zero-order valence-electron chi connectivity index (χ0n) is 15.6. The van der Waals surface area contributed by atoms with Crippen molar-refractivity contribution < 1.29 is 23.8 Å². The lowest BCUT2D eigenvalue weighted by Crippen LogP contribution is -2.33. The first-order chi connectivity index (χ1) is 11.9. The van der Waals surface area contributed by atoms with Crippen molar-refractivity contribution in [1.82, 2.24) is 5.32 Å². The summed E-state index contributed by atoms with van der Waals surface area (Å²) >= 11 is 0. The minimum absolute atomic E-state index is 0.165.